The van der Waals surface area contributed by atoms with E-state index in [2.05, 4.69) is 10.2 Å². The molecule has 2 heterocycles. The van der Waals surface area contributed by atoms with Crippen molar-refractivity contribution in [2.45, 2.75) is 46.2 Å². The van der Waals surface area contributed by atoms with Crippen LogP contribution in [0.5, 0.6) is 5.75 Å². The molecule has 1 fully saturated rings. The molecule has 1 N–H and O–H groups in total. The number of hydrogen-bond donors (Lipinski definition) is 1. The van der Waals surface area contributed by atoms with Crippen LogP contribution in [0.1, 0.15) is 45.7 Å². The second-order valence-electron chi connectivity index (χ2n) is 8.51. The zero-order chi connectivity index (χ0) is 24.8. The van der Waals surface area contributed by atoms with E-state index in [-0.39, 0.29) is 24.6 Å². The molecule has 2 atom stereocenters. The molecule has 9 nitrogen and oxygen atoms in total. The van der Waals surface area contributed by atoms with Gasteiger partial charge in [0.25, 0.3) is 0 Å². The predicted molar refractivity (Wildman–Crippen MR) is 128 cm³/mol. The van der Waals surface area contributed by atoms with Crippen LogP contribution in [-0.4, -0.2) is 85.1 Å². The summed E-state index contributed by atoms with van der Waals surface area (Å²) in [6, 6.07) is 6.48. The van der Waals surface area contributed by atoms with Crippen LogP contribution in [0.2, 0.25) is 0 Å². The highest BCUT2D eigenvalue weighted by Gasteiger charge is 2.39. The number of methoxy groups -OCH3 is 1. The smallest absolute Gasteiger partial charge is 0.338 e. The van der Waals surface area contributed by atoms with Crippen molar-refractivity contribution >= 4 is 17.9 Å². The molecular formula is C25H36N4O5. The third-order valence-corrected chi connectivity index (χ3v) is 6.41. The Morgan fingerprint density at radius 3 is 2.38 bits per heavy atom. The Labute approximate surface area is 201 Å². The molecule has 3 rings (SSSR count). The maximum absolute atomic E-state index is 13.2. The number of rotatable bonds is 8. The number of ether oxygens (including phenoxy) is 2. The average molecular weight is 473 g/mol. The number of nitrogens with zero attached hydrogens (tertiary/aromatic N) is 3. The van der Waals surface area contributed by atoms with Crippen molar-refractivity contribution in [2.24, 2.45) is 0 Å². The summed E-state index contributed by atoms with van der Waals surface area (Å²) in [7, 11) is 1.59. The first-order chi connectivity index (χ1) is 16.3. The monoisotopic (exact) mass is 472 g/mol. The Hall–Kier alpha value is -3.07. The molecule has 1 saturated heterocycles. The summed E-state index contributed by atoms with van der Waals surface area (Å²) in [6.45, 7) is 10.6. The molecule has 0 spiro atoms. The van der Waals surface area contributed by atoms with E-state index in [0.29, 0.717) is 56.2 Å². The van der Waals surface area contributed by atoms with E-state index in [4.69, 9.17) is 9.47 Å². The Bertz CT molecular complexity index is 930. The van der Waals surface area contributed by atoms with E-state index in [0.717, 1.165) is 5.56 Å². The number of carbonyl (C=O) groups excluding carboxylic acids is 3. The van der Waals surface area contributed by atoms with Crippen LogP contribution < -0.4 is 10.1 Å². The van der Waals surface area contributed by atoms with Crippen LogP contribution in [0.3, 0.4) is 0 Å². The Kier molecular flexibility index (Phi) is 8.55. The standard InChI is InChI=1S/C25H36N4O5/c1-6-21(30)29-14-13-27(15-17(29)4)16-20-22(24(31)34-8-3)23(26-25(32)28(20)7-2)18-9-11-19(33-5)12-10-18/h9-12,17,23H,6-8,13-16H2,1-5H3,(H,26,32). The fourth-order valence-corrected chi connectivity index (χ4v) is 4.67. The first-order valence-corrected chi connectivity index (χ1v) is 12.0. The molecule has 1 aromatic carbocycles. The molecule has 0 aliphatic carbocycles. The van der Waals surface area contributed by atoms with E-state index in [9.17, 15) is 14.4 Å². The molecule has 0 saturated carbocycles. The van der Waals surface area contributed by atoms with Gasteiger partial charge < -0.3 is 19.7 Å². The van der Waals surface area contributed by atoms with Crippen molar-refractivity contribution in [3.63, 3.8) is 0 Å². The van der Waals surface area contributed by atoms with Crippen LogP contribution in [0.4, 0.5) is 4.79 Å². The van der Waals surface area contributed by atoms with E-state index < -0.39 is 12.0 Å². The van der Waals surface area contributed by atoms with Crippen molar-refractivity contribution in [3.8, 4) is 5.75 Å². The lowest BCUT2D eigenvalue weighted by Gasteiger charge is -2.43. The Morgan fingerprint density at radius 2 is 1.82 bits per heavy atom. The molecule has 2 unspecified atom stereocenters. The second-order valence-corrected chi connectivity index (χ2v) is 8.51. The van der Waals surface area contributed by atoms with Gasteiger partial charge in [0.05, 0.1) is 25.3 Å². The van der Waals surface area contributed by atoms with Gasteiger partial charge in [-0.2, -0.15) is 0 Å². The van der Waals surface area contributed by atoms with Crippen molar-refractivity contribution in [1.29, 1.82) is 0 Å². The molecule has 2 aliphatic heterocycles. The van der Waals surface area contributed by atoms with Crippen LogP contribution in [0.15, 0.2) is 35.5 Å². The molecule has 0 bridgehead atoms. The highest BCUT2D eigenvalue weighted by Crippen LogP contribution is 2.33. The van der Waals surface area contributed by atoms with E-state index in [1.165, 1.54) is 0 Å². The predicted octanol–water partition coefficient (Wildman–Crippen LogP) is 2.54. The maximum atomic E-state index is 13.2. The quantitative estimate of drug-likeness (QED) is 0.585. The number of nitrogens with one attached hydrogen (secondary N) is 1. The summed E-state index contributed by atoms with van der Waals surface area (Å²) in [6.07, 6.45) is 0.482. The fourth-order valence-electron chi connectivity index (χ4n) is 4.67. The normalized spacial score (nSPS) is 21.4. The van der Waals surface area contributed by atoms with E-state index in [1.54, 1.807) is 18.9 Å². The molecular weight excluding hydrogens is 436 g/mol. The number of benzene rings is 1. The minimum absolute atomic E-state index is 0.0534. The third-order valence-electron chi connectivity index (χ3n) is 6.41. The molecule has 2 aliphatic rings. The van der Waals surface area contributed by atoms with Gasteiger partial charge in [-0.05, 0) is 38.5 Å². The zero-order valence-corrected chi connectivity index (χ0v) is 20.8. The first kappa shape index (κ1) is 25.6. The summed E-state index contributed by atoms with van der Waals surface area (Å²) in [4.78, 5) is 44.3. The SMILES string of the molecule is CCOC(=O)C1=C(CN2CCN(C(=O)CC)C(C)C2)N(CC)C(=O)NC1c1ccc(OC)cc1. The van der Waals surface area contributed by atoms with Crippen molar-refractivity contribution in [2.75, 3.05) is 46.4 Å². The zero-order valence-electron chi connectivity index (χ0n) is 20.8. The van der Waals surface area contributed by atoms with Crippen molar-refractivity contribution in [1.82, 2.24) is 20.0 Å². The summed E-state index contributed by atoms with van der Waals surface area (Å²) >= 11 is 0. The number of carbonyl (C=O) groups is 3. The summed E-state index contributed by atoms with van der Waals surface area (Å²) in [5.74, 6) is 0.395. The number of likely N-dealkylation sites (N-methyl/N-ethyl adjacent to an activating group) is 1. The lowest BCUT2D eigenvalue weighted by atomic mass is 9.94. The van der Waals surface area contributed by atoms with E-state index in [1.807, 2.05) is 49.9 Å². The van der Waals surface area contributed by atoms with Gasteiger partial charge in [-0.25, -0.2) is 9.59 Å². The van der Waals surface area contributed by atoms with Gasteiger partial charge in [0.2, 0.25) is 5.91 Å². The van der Waals surface area contributed by atoms with Gasteiger partial charge in [-0.1, -0.05) is 19.1 Å². The minimum Gasteiger partial charge on any atom is -0.497 e. The van der Waals surface area contributed by atoms with Crippen LogP contribution in [-0.2, 0) is 14.3 Å². The lowest BCUT2D eigenvalue weighted by molar-refractivity contribution is -0.139. The molecule has 34 heavy (non-hydrogen) atoms. The summed E-state index contributed by atoms with van der Waals surface area (Å²) in [5.41, 5.74) is 1.86. The van der Waals surface area contributed by atoms with Crippen molar-refractivity contribution < 1.29 is 23.9 Å². The molecule has 1 aromatic rings. The van der Waals surface area contributed by atoms with Gasteiger partial charge in [-0.15, -0.1) is 0 Å². The largest absolute Gasteiger partial charge is 0.497 e. The highest BCUT2D eigenvalue weighted by molar-refractivity contribution is 5.95. The topological polar surface area (TPSA) is 91.4 Å². The Morgan fingerprint density at radius 1 is 1.12 bits per heavy atom. The summed E-state index contributed by atoms with van der Waals surface area (Å²) in [5, 5.41) is 2.98. The molecule has 0 aromatic heterocycles. The number of amides is 3. The van der Waals surface area contributed by atoms with Crippen LogP contribution >= 0.6 is 0 Å². The lowest BCUT2D eigenvalue weighted by Crippen LogP contribution is -2.56. The first-order valence-electron chi connectivity index (χ1n) is 12.0. The van der Waals surface area contributed by atoms with Crippen molar-refractivity contribution in [3.05, 3.63) is 41.1 Å². The summed E-state index contributed by atoms with van der Waals surface area (Å²) < 4.78 is 10.7. The Balaban J connectivity index is 1.99. The molecule has 9 heteroatoms. The number of esters is 1. The van der Waals surface area contributed by atoms with E-state index >= 15 is 0 Å². The van der Waals surface area contributed by atoms with Gasteiger partial charge in [-0.3, -0.25) is 14.6 Å². The average Bonchev–Trinajstić information content (AvgIpc) is 2.83. The maximum Gasteiger partial charge on any atom is 0.338 e. The number of hydrogen-bond acceptors (Lipinski definition) is 6. The van der Waals surface area contributed by atoms with Gasteiger partial charge in [0, 0.05) is 50.9 Å². The second kappa shape index (κ2) is 11.4. The van der Waals surface area contributed by atoms with Gasteiger partial charge in [0.15, 0.2) is 0 Å². The van der Waals surface area contributed by atoms with Gasteiger partial charge >= 0.3 is 12.0 Å². The molecule has 186 valence electrons. The van der Waals surface area contributed by atoms with Crippen LogP contribution in [0.25, 0.3) is 0 Å². The fraction of sp³-hybridized carbons (Fsp3) is 0.560. The van der Waals surface area contributed by atoms with Gasteiger partial charge in [0.1, 0.15) is 5.75 Å². The third kappa shape index (κ3) is 5.35. The molecule has 3 amide bonds. The molecule has 0 radical (unpaired) electrons. The highest BCUT2D eigenvalue weighted by atomic mass is 16.5. The minimum atomic E-state index is -0.629. The number of piperazine rings is 1. The van der Waals surface area contributed by atoms with Crippen LogP contribution in [0, 0.1) is 0 Å². The number of urea groups is 1.